The average molecular weight is 389 g/mol. The zero-order valence-electron chi connectivity index (χ0n) is 15.2. The lowest BCUT2D eigenvalue weighted by molar-refractivity contribution is -0.170. The van der Waals surface area contributed by atoms with Gasteiger partial charge >= 0.3 is 0 Å². The van der Waals surface area contributed by atoms with Gasteiger partial charge in [-0.1, -0.05) is 0 Å². The van der Waals surface area contributed by atoms with E-state index in [2.05, 4.69) is 0 Å². The fraction of sp³-hybridized carbons (Fsp3) is 1.00. The molecular formula is C19H32O6S. The Balaban J connectivity index is 1.51. The summed E-state index contributed by atoms with van der Waals surface area (Å²) >= 11 is -1.83. The summed E-state index contributed by atoms with van der Waals surface area (Å²) in [7, 11) is 0. The third-order valence-corrected chi connectivity index (χ3v) is 9.28. The van der Waals surface area contributed by atoms with Gasteiger partial charge in [-0.25, -0.2) is 4.21 Å². The van der Waals surface area contributed by atoms with E-state index >= 15 is 0 Å². The van der Waals surface area contributed by atoms with Crippen LogP contribution in [-0.2, 0) is 11.1 Å². The SMILES string of the molecule is O=S(O)C1CC(C2CC(O)C2)(C(CO)CC2(C3CC(O)C3)CC(O)C2)C1. The fourth-order valence-electron chi connectivity index (χ4n) is 6.56. The molecule has 0 aromatic carbocycles. The van der Waals surface area contributed by atoms with Crippen LogP contribution in [-0.4, -0.2) is 59.4 Å². The maximum atomic E-state index is 11.5. The molecule has 4 aliphatic carbocycles. The Labute approximate surface area is 157 Å². The van der Waals surface area contributed by atoms with Gasteiger partial charge in [-0.05, 0) is 86.4 Å². The minimum Gasteiger partial charge on any atom is -0.396 e. The molecule has 0 aromatic heterocycles. The molecule has 150 valence electrons. The van der Waals surface area contributed by atoms with Gasteiger partial charge in [0.15, 0.2) is 11.1 Å². The Kier molecular flexibility index (Phi) is 5.02. The molecule has 26 heavy (non-hydrogen) atoms. The first-order valence-corrected chi connectivity index (χ1v) is 11.2. The van der Waals surface area contributed by atoms with Gasteiger partial charge in [0.25, 0.3) is 0 Å². The topological polar surface area (TPSA) is 118 Å². The smallest absolute Gasteiger partial charge is 0.156 e. The fourth-order valence-corrected chi connectivity index (χ4v) is 7.47. The Morgan fingerprint density at radius 3 is 1.85 bits per heavy atom. The zero-order chi connectivity index (χ0) is 18.7. The highest BCUT2D eigenvalue weighted by molar-refractivity contribution is 7.79. The Morgan fingerprint density at radius 2 is 1.42 bits per heavy atom. The number of aliphatic hydroxyl groups is 4. The lowest BCUT2D eigenvalue weighted by atomic mass is 9.44. The lowest BCUT2D eigenvalue weighted by Gasteiger charge is -2.63. The van der Waals surface area contributed by atoms with E-state index in [9.17, 15) is 29.2 Å². The van der Waals surface area contributed by atoms with Crippen molar-refractivity contribution < 1.29 is 29.2 Å². The maximum Gasteiger partial charge on any atom is 0.156 e. The van der Waals surface area contributed by atoms with Crippen LogP contribution in [0.25, 0.3) is 0 Å². The van der Waals surface area contributed by atoms with E-state index < -0.39 is 11.1 Å². The molecule has 6 nitrogen and oxygen atoms in total. The highest BCUT2D eigenvalue weighted by Crippen LogP contribution is 2.65. The molecule has 0 amide bonds. The van der Waals surface area contributed by atoms with Crippen LogP contribution in [0.15, 0.2) is 0 Å². The molecule has 2 atom stereocenters. The first-order valence-electron chi connectivity index (χ1n) is 10.0. The third-order valence-electron chi connectivity index (χ3n) is 8.38. The van der Waals surface area contributed by atoms with Crippen LogP contribution < -0.4 is 0 Å². The molecule has 5 N–H and O–H groups in total. The largest absolute Gasteiger partial charge is 0.396 e. The number of aliphatic hydroxyl groups excluding tert-OH is 4. The van der Waals surface area contributed by atoms with Crippen molar-refractivity contribution in [3.8, 4) is 0 Å². The number of hydrogen-bond donors (Lipinski definition) is 5. The van der Waals surface area contributed by atoms with Crippen molar-refractivity contribution in [2.45, 2.75) is 81.3 Å². The standard InChI is InChI=1S/C19H32O6S/c20-10-13(5-18(6-16(23)7-18)11-1-14(21)2-11)19(12-3-15(22)4-12)8-17(9-19)26(24)25/h11-17,20-23H,1-10H2,(H,24,25). The van der Waals surface area contributed by atoms with E-state index in [1.165, 1.54) is 0 Å². The van der Waals surface area contributed by atoms with Gasteiger partial charge in [-0.2, -0.15) is 0 Å². The monoisotopic (exact) mass is 388 g/mol. The van der Waals surface area contributed by atoms with Crippen molar-refractivity contribution in [2.75, 3.05) is 6.61 Å². The molecule has 0 heterocycles. The van der Waals surface area contributed by atoms with Crippen molar-refractivity contribution in [1.82, 2.24) is 0 Å². The second kappa shape index (κ2) is 6.78. The minimum atomic E-state index is -1.83. The summed E-state index contributed by atoms with van der Waals surface area (Å²) in [6, 6.07) is 0. The highest BCUT2D eigenvalue weighted by Gasteiger charge is 2.61. The normalized spacial score (nSPS) is 52.8. The van der Waals surface area contributed by atoms with E-state index in [0.29, 0.717) is 24.7 Å². The predicted octanol–water partition coefficient (Wildman–Crippen LogP) is 1.04. The van der Waals surface area contributed by atoms with Crippen LogP contribution in [0.4, 0.5) is 0 Å². The van der Waals surface area contributed by atoms with Gasteiger partial charge in [0, 0.05) is 6.61 Å². The first-order chi connectivity index (χ1) is 12.3. The summed E-state index contributed by atoms with van der Waals surface area (Å²) in [4.78, 5) is 0. The number of hydrogen-bond acceptors (Lipinski definition) is 5. The summed E-state index contributed by atoms with van der Waals surface area (Å²) in [5.41, 5.74) is -0.169. The van der Waals surface area contributed by atoms with E-state index in [4.69, 9.17) is 0 Å². The highest BCUT2D eigenvalue weighted by atomic mass is 32.2. The quantitative estimate of drug-likeness (QED) is 0.416. The number of rotatable bonds is 7. The summed E-state index contributed by atoms with van der Waals surface area (Å²) in [6.45, 7) is 0.0461. The second-order valence-corrected chi connectivity index (χ2v) is 10.9. The molecule has 0 aliphatic heterocycles. The van der Waals surface area contributed by atoms with Gasteiger partial charge in [-0.15, -0.1) is 0 Å². The Morgan fingerprint density at radius 1 is 0.885 bits per heavy atom. The molecule has 2 unspecified atom stereocenters. The van der Waals surface area contributed by atoms with Gasteiger partial charge in [0.05, 0.1) is 23.6 Å². The summed E-state index contributed by atoms with van der Waals surface area (Å²) in [6.07, 6.45) is 5.78. The zero-order valence-corrected chi connectivity index (χ0v) is 16.0. The summed E-state index contributed by atoms with van der Waals surface area (Å²) in [5.74, 6) is 0.746. The van der Waals surface area contributed by atoms with Crippen molar-refractivity contribution >= 4 is 11.1 Å². The van der Waals surface area contributed by atoms with Gasteiger partial charge in [0.1, 0.15) is 0 Å². The van der Waals surface area contributed by atoms with E-state index in [0.717, 1.165) is 44.9 Å². The lowest BCUT2D eigenvalue weighted by Crippen LogP contribution is -2.60. The molecule has 0 aromatic rings. The van der Waals surface area contributed by atoms with Crippen LogP contribution >= 0.6 is 0 Å². The summed E-state index contributed by atoms with van der Waals surface area (Å²) in [5, 5.41) is 39.5. The summed E-state index contributed by atoms with van der Waals surface area (Å²) < 4.78 is 21.0. The van der Waals surface area contributed by atoms with Crippen molar-refractivity contribution in [3.05, 3.63) is 0 Å². The minimum absolute atomic E-state index is 0.00907. The molecule has 4 fully saturated rings. The molecule has 0 radical (unpaired) electrons. The van der Waals surface area contributed by atoms with Gasteiger partial charge in [0.2, 0.25) is 0 Å². The van der Waals surface area contributed by atoms with Crippen LogP contribution in [0.2, 0.25) is 0 Å². The van der Waals surface area contributed by atoms with Crippen molar-refractivity contribution in [1.29, 1.82) is 0 Å². The van der Waals surface area contributed by atoms with Crippen LogP contribution in [0, 0.1) is 28.6 Å². The second-order valence-electron chi connectivity index (χ2n) is 9.69. The molecule has 0 spiro atoms. The van der Waals surface area contributed by atoms with E-state index in [-0.39, 0.29) is 46.9 Å². The molecule has 4 rings (SSSR count). The van der Waals surface area contributed by atoms with E-state index in [1.807, 2.05) is 0 Å². The molecule has 4 aliphatic rings. The van der Waals surface area contributed by atoms with Crippen LogP contribution in [0.1, 0.15) is 57.8 Å². The Bertz CT molecular complexity index is 544. The molecule has 7 heteroatoms. The third kappa shape index (κ3) is 2.99. The molecule has 0 saturated heterocycles. The maximum absolute atomic E-state index is 11.5. The molecule has 0 bridgehead atoms. The molecular weight excluding hydrogens is 356 g/mol. The van der Waals surface area contributed by atoms with Gasteiger partial charge in [-0.3, -0.25) is 0 Å². The first kappa shape index (κ1) is 19.3. The van der Waals surface area contributed by atoms with Crippen molar-refractivity contribution in [2.24, 2.45) is 28.6 Å². The van der Waals surface area contributed by atoms with Crippen LogP contribution in [0.3, 0.4) is 0 Å². The van der Waals surface area contributed by atoms with E-state index in [1.54, 1.807) is 0 Å². The van der Waals surface area contributed by atoms with Crippen LogP contribution in [0.5, 0.6) is 0 Å². The average Bonchev–Trinajstić information content (AvgIpc) is 2.45. The van der Waals surface area contributed by atoms with Crippen molar-refractivity contribution in [3.63, 3.8) is 0 Å². The predicted molar refractivity (Wildman–Crippen MR) is 96.6 cm³/mol. The molecule has 4 saturated carbocycles. The Hall–Kier alpha value is -0.0500. The van der Waals surface area contributed by atoms with Gasteiger partial charge < -0.3 is 25.0 Å².